The van der Waals surface area contributed by atoms with Gasteiger partial charge in [0.25, 0.3) is 17.2 Å². The molecule has 0 bridgehead atoms. The molecule has 8 nitrogen and oxygen atoms in total. The lowest BCUT2D eigenvalue weighted by Crippen LogP contribution is -2.19. The minimum absolute atomic E-state index is 0.0381. The summed E-state index contributed by atoms with van der Waals surface area (Å²) in [7, 11) is 0. The Bertz CT molecular complexity index is 1030. The molecule has 1 amide bonds. The Morgan fingerprint density at radius 1 is 1.21 bits per heavy atom. The number of nitro benzene ring substituents is 1. The molecule has 1 aromatic heterocycles. The van der Waals surface area contributed by atoms with Crippen molar-refractivity contribution in [2.24, 2.45) is 0 Å². The minimum Gasteiger partial charge on any atom is -0.320 e. The second-order valence-electron chi connectivity index (χ2n) is 5.16. The molecule has 0 saturated heterocycles. The molecule has 0 spiro atoms. The summed E-state index contributed by atoms with van der Waals surface area (Å²) in [4.78, 5) is 34.6. The smallest absolute Gasteiger partial charge is 0.276 e. The van der Waals surface area contributed by atoms with Crippen molar-refractivity contribution in [3.05, 3.63) is 74.2 Å². The van der Waals surface area contributed by atoms with Crippen LogP contribution in [0.25, 0.3) is 10.8 Å². The van der Waals surface area contributed by atoms with Gasteiger partial charge in [0.1, 0.15) is 0 Å². The first-order valence-corrected chi connectivity index (χ1v) is 7.01. The Hall–Kier alpha value is -3.55. The van der Waals surface area contributed by atoms with Crippen LogP contribution in [0.1, 0.15) is 16.1 Å². The summed E-state index contributed by atoms with van der Waals surface area (Å²) in [6, 6.07) is 10.8. The van der Waals surface area contributed by atoms with Gasteiger partial charge in [-0.1, -0.05) is 24.3 Å². The lowest BCUT2D eigenvalue weighted by atomic mass is 10.1. The quantitative estimate of drug-likeness (QED) is 0.566. The van der Waals surface area contributed by atoms with E-state index in [0.29, 0.717) is 22.0 Å². The van der Waals surface area contributed by atoms with Crippen LogP contribution in [-0.2, 0) is 0 Å². The third kappa shape index (κ3) is 2.72. The van der Waals surface area contributed by atoms with E-state index in [0.717, 1.165) is 0 Å². The lowest BCUT2D eigenvalue weighted by Gasteiger charge is -2.09. The van der Waals surface area contributed by atoms with Crippen molar-refractivity contribution in [3.63, 3.8) is 0 Å². The fourth-order valence-electron chi connectivity index (χ4n) is 2.33. The number of fused-ring (bicyclic) bond motifs is 1. The van der Waals surface area contributed by atoms with Gasteiger partial charge >= 0.3 is 0 Å². The predicted octanol–water partition coefficient (Wildman–Crippen LogP) is 2.39. The van der Waals surface area contributed by atoms with Gasteiger partial charge in [0.05, 0.1) is 16.0 Å². The number of amides is 1. The Labute approximate surface area is 135 Å². The van der Waals surface area contributed by atoms with Gasteiger partial charge in [0, 0.05) is 17.5 Å². The van der Waals surface area contributed by atoms with Crippen molar-refractivity contribution in [1.82, 2.24) is 10.2 Å². The van der Waals surface area contributed by atoms with E-state index in [2.05, 4.69) is 15.5 Å². The zero-order chi connectivity index (χ0) is 17.3. The zero-order valence-corrected chi connectivity index (χ0v) is 12.6. The van der Waals surface area contributed by atoms with Gasteiger partial charge in [-0.15, -0.1) is 0 Å². The number of aromatic amines is 1. The first kappa shape index (κ1) is 15.3. The van der Waals surface area contributed by atoms with Gasteiger partial charge in [-0.05, 0) is 18.6 Å². The normalized spacial score (nSPS) is 10.5. The summed E-state index contributed by atoms with van der Waals surface area (Å²) in [5, 5.41) is 20.3. The SMILES string of the molecule is Cc1ccc([N+](=O)[O-])cc1NC(=O)c1n[nH]c(=O)c2ccccc12. The summed E-state index contributed by atoms with van der Waals surface area (Å²) in [5.74, 6) is -0.564. The molecule has 3 aromatic rings. The molecule has 0 saturated carbocycles. The summed E-state index contributed by atoms with van der Waals surface area (Å²) < 4.78 is 0. The van der Waals surface area contributed by atoms with Gasteiger partial charge in [-0.25, -0.2) is 5.10 Å². The number of hydrogen-bond acceptors (Lipinski definition) is 5. The summed E-state index contributed by atoms with van der Waals surface area (Å²) in [5.41, 5.74) is 0.494. The van der Waals surface area contributed by atoms with E-state index in [4.69, 9.17) is 0 Å². The highest BCUT2D eigenvalue weighted by Gasteiger charge is 2.16. The predicted molar refractivity (Wildman–Crippen MR) is 88.2 cm³/mol. The maximum absolute atomic E-state index is 12.5. The maximum Gasteiger partial charge on any atom is 0.276 e. The standard InChI is InChI=1S/C16H12N4O4/c1-9-6-7-10(20(23)24)8-13(9)17-16(22)14-11-4-2-3-5-12(11)15(21)19-18-14/h2-8H,1H3,(H,17,22)(H,19,21). The zero-order valence-electron chi connectivity index (χ0n) is 12.6. The summed E-state index contributed by atoms with van der Waals surface area (Å²) in [6.45, 7) is 1.72. The highest BCUT2D eigenvalue weighted by molar-refractivity contribution is 6.11. The van der Waals surface area contributed by atoms with E-state index in [1.54, 1.807) is 37.3 Å². The molecule has 0 aliphatic rings. The second kappa shape index (κ2) is 5.92. The number of non-ortho nitro benzene ring substituents is 1. The number of rotatable bonds is 3. The molecule has 0 atom stereocenters. The van der Waals surface area contributed by atoms with Crippen LogP contribution in [0.4, 0.5) is 11.4 Å². The molecule has 0 radical (unpaired) electrons. The van der Waals surface area contributed by atoms with Crippen molar-refractivity contribution in [2.75, 3.05) is 5.32 Å². The molecule has 3 rings (SSSR count). The molecule has 2 aromatic carbocycles. The Morgan fingerprint density at radius 3 is 2.62 bits per heavy atom. The number of nitrogens with zero attached hydrogens (tertiary/aromatic N) is 2. The second-order valence-corrected chi connectivity index (χ2v) is 5.16. The molecular weight excluding hydrogens is 312 g/mol. The Kier molecular flexibility index (Phi) is 3.78. The van der Waals surface area contributed by atoms with E-state index in [1.807, 2.05) is 0 Å². The largest absolute Gasteiger partial charge is 0.320 e. The van der Waals surface area contributed by atoms with Crippen LogP contribution in [0.15, 0.2) is 47.3 Å². The average molecular weight is 324 g/mol. The van der Waals surface area contributed by atoms with E-state index >= 15 is 0 Å². The molecule has 0 aliphatic carbocycles. The van der Waals surface area contributed by atoms with Crippen molar-refractivity contribution in [1.29, 1.82) is 0 Å². The van der Waals surface area contributed by atoms with Crippen LogP contribution < -0.4 is 10.9 Å². The molecule has 0 fully saturated rings. The van der Waals surface area contributed by atoms with Gasteiger partial charge in [-0.3, -0.25) is 19.7 Å². The number of nitrogens with one attached hydrogen (secondary N) is 2. The number of nitro groups is 1. The van der Waals surface area contributed by atoms with Crippen molar-refractivity contribution >= 4 is 28.1 Å². The highest BCUT2D eigenvalue weighted by Crippen LogP contribution is 2.23. The Morgan fingerprint density at radius 2 is 1.92 bits per heavy atom. The van der Waals surface area contributed by atoms with Gasteiger partial charge in [0.2, 0.25) is 0 Å². The molecule has 1 heterocycles. The van der Waals surface area contributed by atoms with Crippen LogP contribution in [0.2, 0.25) is 0 Å². The minimum atomic E-state index is -0.564. The number of aromatic nitrogens is 2. The molecule has 2 N–H and O–H groups in total. The monoisotopic (exact) mass is 324 g/mol. The van der Waals surface area contributed by atoms with Crippen LogP contribution in [0, 0.1) is 17.0 Å². The first-order valence-electron chi connectivity index (χ1n) is 7.01. The average Bonchev–Trinajstić information content (AvgIpc) is 2.57. The van der Waals surface area contributed by atoms with E-state index in [1.165, 1.54) is 12.1 Å². The fraction of sp³-hybridized carbons (Fsp3) is 0.0625. The number of benzene rings is 2. The summed E-state index contributed by atoms with van der Waals surface area (Å²) in [6.07, 6.45) is 0. The lowest BCUT2D eigenvalue weighted by molar-refractivity contribution is -0.384. The molecule has 24 heavy (non-hydrogen) atoms. The Balaban J connectivity index is 2.03. The van der Waals surface area contributed by atoms with Crippen LogP contribution in [0.3, 0.4) is 0 Å². The van der Waals surface area contributed by atoms with Gasteiger partial charge < -0.3 is 5.32 Å². The molecule has 8 heteroatoms. The third-order valence-corrected chi connectivity index (χ3v) is 3.59. The van der Waals surface area contributed by atoms with Crippen molar-refractivity contribution < 1.29 is 9.72 Å². The van der Waals surface area contributed by atoms with Crippen molar-refractivity contribution in [2.45, 2.75) is 6.92 Å². The van der Waals surface area contributed by atoms with Crippen LogP contribution in [0.5, 0.6) is 0 Å². The van der Waals surface area contributed by atoms with E-state index < -0.39 is 16.4 Å². The number of anilines is 1. The topological polar surface area (TPSA) is 118 Å². The number of hydrogen-bond donors (Lipinski definition) is 2. The third-order valence-electron chi connectivity index (χ3n) is 3.59. The number of carbonyl (C=O) groups excluding carboxylic acids is 1. The molecular formula is C16H12N4O4. The van der Waals surface area contributed by atoms with E-state index in [-0.39, 0.29) is 11.4 Å². The number of aryl methyl sites for hydroxylation is 1. The van der Waals surface area contributed by atoms with Crippen molar-refractivity contribution in [3.8, 4) is 0 Å². The van der Waals surface area contributed by atoms with Gasteiger partial charge in [0.15, 0.2) is 5.69 Å². The fourth-order valence-corrected chi connectivity index (χ4v) is 2.33. The highest BCUT2D eigenvalue weighted by atomic mass is 16.6. The molecule has 0 unspecified atom stereocenters. The summed E-state index contributed by atoms with van der Waals surface area (Å²) >= 11 is 0. The van der Waals surface area contributed by atoms with Crippen LogP contribution in [-0.4, -0.2) is 21.0 Å². The van der Waals surface area contributed by atoms with Crippen LogP contribution >= 0.6 is 0 Å². The first-order chi connectivity index (χ1) is 11.5. The number of H-pyrrole nitrogens is 1. The van der Waals surface area contributed by atoms with Gasteiger partial charge in [-0.2, -0.15) is 5.10 Å². The molecule has 0 aliphatic heterocycles. The maximum atomic E-state index is 12.5. The number of carbonyl (C=O) groups is 1. The molecule has 120 valence electrons. The van der Waals surface area contributed by atoms with E-state index in [9.17, 15) is 19.7 Å².